The normalized spacial score (nSPS) is 19.2. The maximum absolute atomic E-state index is 14.3. The third kappa shape index (κ3) is 6.73. The summed E-state index contributed by atoms with van der Waals surface area (Å²) in [5, 5.41) is 7.17. The van der Waals surface area contributed by atoms with E-state index in [1.807, 2.05) is 32.9 Å². The number of hydrogen-bond donors (Lipinski definition) is 1. The van der Waals surface area contributed by atoms with Crippen molar-refractivity contribution in [3.63, 3.8) is 0 Å². The Kier molecular flexibility index (Phi) is 9.05. The molecular weight excluding hydrogens is 615 g/mol. The zero-order valence-corrected chi connectivity index (χ0v) is 26.9. The summed E-state index contributed by atoms with van der Waals surface area (Å²) in [6.45, 7) is 8.65. The summed E-state index contributed by atoms with van der Waals surface area (Å²) >= 11 is 0. The first-order valence-corrected chi connectivity index (χ1v) is 16.1. The molecule has 3 saturated heterocycles. The minimum atomic E-state index is -4.74. The molecule has 0 bridgehead atoms. The topological polar surface area (TPSA) is 110 Å². The number of amides is 3. The summed E-state index contributed by atoms with van der Waals surface area (Å²) in [5.41, 5.74) is -1.48. The van der Waals surface area contributed by atoms with Gasteiger partial charge in [0.05, 0.1) is 5.56 Å². The summed E-state index contributed by atoms with van der Waals surface area (Å²) in [4.78, 5) is 34.7. The van der Waals surface area contributed by atoms with Gasteiger partial charge < -0.3 is 24.2 Å². The fraction of sp³-hybridized carbons (Fsp3) is 0.529. The van der Waals surface area contributed by atoms with Gasteiger partial charge in [0.1, 0.15) is 23.6 Å². The van der Waals surface area contributed by atoms with Crippen LogP contribution in [0, 0.1) is 5.92 Å². The number of hydrogen-bond acceptors (Lipinski definition) is 8. The van der Waals surface area contributed by atoms with Gasteiger partial charge in [-0.2, -0.15) is 18.2 Å². The van der Waals surface area contributed by atoms with Crippen LogP contribution in [-0.2, 0) is 27.7 Å². The summed E-state index contributed by atoms with van der Waals surface area (Å²) in [7, 11) is 0. The lowest BCUT2D eigenvalue weighted by Crippen LogP contribution is -2.56. The van der Waals surface area contributed by atoms with Crippen LogP contribution < -0.4 is 10.1 Å². The Labute approximate surface area is 271 Å². The van der Waals surface area contributed by atoms with Crippen molar-refractivity contribution in [1.82, 2.24) is 25.3 Å². The lowest BCUT2D eigenvalue weighted by Gasteiger charge is -2.39. The van der Waals surface area contributed by atoms with E-state index in [1.165, 1.54) is 12.1 Å². The molecule has 6 rings (SSSR count). The lowest BCUT2D eigenvalue weighted by atomic mass is 9.86. The van der Waals surface area contributed by atoms with E-state index < -0.39 is 23.3 Å². The van der Waals surface area contributed by atoms with Gasteiger partial charge in [0.15, 0.2) is 0 Å². The molecule has 10 nitrogen and oxygen atoms in total. The SMILES string of the molecule is CC(C)(C)c1ccccc1Oc1ccc(-c2noc(CN3C(=O)N(CCC4CCOCC4)C4(CCNCC4)C3=O)n2)cc1C(F)(F)F. The number of halogens is 3. The number of ether oxygens (including phenoxy) is 2. The van der Waals surface area contributed by atoms with Gasteiger partial charge in [0.2, 0.25) is 11.7 Å². The number of alkyl halides is 3. The van der Waals surface area contributed by atoms with Crippen molar-refractivity contribution in [3.05, 3.63) is 59.5 Å². The summed E-state index contributed by atoms with van der Waals surface area (Å²) in [6, 6.07) is 10.1. The van der Waals surface area contributed by atoms with Gasteiger partial charge in [0, 0.05) is 30.9 Å². The van der Waals surface area contributed by atoms with Crippen LogP contribution in [0.15, 0.2) is 47.0 Å². The molecule has 0 aliphatic carbocycles. The Hall–Kier alpha value is -3.97. The van der Waals surface area contributed by atoms with Crippen LogP contribution in [0.4, 0.5) is 18.0 Å². The van der Waals surface area contributed by atoms with Crippen molar-refractivity contribution in [3.8, 4) is 22.9 Å². The number of aromatic nitrogens is 2. The molecule has 2 aromatic carbocycles. The fourth-order valence-electron chi connectivity index (χ4n) is 6.75. The Morgan fingerprint density at radius 3 is 2.40 bits per heavy atom. The minimum absolute atomic E-state index is 0.0509. The molecule has 252 valence electrons. The summed E-state index contributed by atoms with van der Waals surface area (Å²) < 4.78 is 59.6. The number of carbonyl (C=O) groups excluding carboxylic acids is 2. The predicted octanol–water partition coefficient (Wildman–Crippen LogP) is 6.55. The Balaban J connectivity index is 1.22. The van der Waals surface area contributed by atoms with Gasteiger partial charge in [-0.3, -0.25) is 9.69 Å². The van der Waals surface area contributed by atoms with Gasteiger partial charge in [-0.25, -0.2) is 4.79 Å². The molecule has 3 fully saturated rings. The van der Waals surface area contributed by atoms with E-state index in [0.29, 0.717) is 57.4 Å². The molecule has 3 aromatic rings. The van der Waals surface area contributed by atoms with E-state index >= 15 is 0 Å². The largest absolute Gasteiger partial charge is 0.456 e. The van der Waals surface area contributed by atoms with E-state index in [-0.39, 0.29) is 40.9 Å². The van der Waals surface area contributed by atoms with Gasteiger partial charge >= 0.3 is 12.2 Å². The number of rotatable bonds is 8. The molecule has 3 aliphatic heterocycles. The highest BCUT2D eigenvalue weighted by atomic mass is 19.4. The molecule has 1 spiro atoms. The maximum Gasteiger partial charge on any atom is 0.420 e. The number of nitrogens with zero attached hydrogens (tertiary/aromatic N) is 4. The third-order valence-corrected chi connectivity index (χ3v) is 9.37. The highest BCUT2D eigenvalue weighted by Gasteiger charge is 2.57. The van der Waals surface area contributed by atoms with Crippen LogP contribution in [0.25, 0.3) is 11.4 Å². The average Bonchev–Trinajstić information content (AvgIpc) is 3.58. The second kappa shape index (κ2) is 12.9. The summed E-state index contributed by atoms with van der Waals surface area (Å²) in [6.07, 6.45) is -1.13. The Morgan fingerprint density at radius 1 is 1.00 bits per heavy atom. The van der Waals surface area contributed by atoms with Crippen molar-refractivity contribution in [2.75, 3.05) is 32.8 Å². The number of nitrogens with one attached hydrogen (secondary N) is 1. The second-order valence-electron chi connectivity index (χ2n) is 13.5. The van der Waals surface area contributed by atoms with E-state index in [4.69, 9.17) is 14.0 Å². The quantitative estimate of drug-likeness (QED) is 0.272. The van der Waals surface area contributed by atoms with Crippen molar-refractivity contribution in [2.24, 2.45) is 5.92 Å². The number of urea groups is 1. The Morgan fingerprint density at radius 2 is 1.70 bits per heavy atom. The molecule has 0 unspecified atom stereocenters. The third-order valence-electron chi connectivity index (χ3n) is 9.37. The van der Waals surface area contributed by atoms with E-state index in [9.17, 15) is 22.8 Å². The molecule has 0 saturated carbocycles. The number of piperidine rings is 1. The maximum atomic E-state index is 14.3. The number of benzene rings is 2. The predicted molar refractivity (Wildman–Crippen MR) is 166 cm³/mol. The molecule has 13 heteroatoms. The zero-order chi connectivity index (χ0) is 33.4. The molecule has 47 heavy (non-hydrogen) atoms. The van der Waals surface area contributed by atoms with E-state index in [0.717, 1.165) is 35.8 Å². The fourth-order valence-corrected chi connectivity index (χ4v) is 6.75. The highest BCUT2D eigenvalue weighted by Crippen LogP contribution is 2.42. The molecule has 3 aliphatic rings. The van der Waals surface area contributed by atoms with Crippen LogP contribution in [0.2, 0.25) is 0 Å². The molecule has 3 amide bonds. The molecule has 1 aromatic heterocycles. The standard InChI is InChI=1S/C34H40F3N5O5/c1-32(2,3)24-6-4-5-7-26(24)46-27-9-8-23(20-25(27)34(35,36)37)29-39-28(47-40-29)21-41-30(43)33(13-15-38-16-14-33)42(31(41)44)17-10-22-11-18-45-19-12-22/h4-9,20,22,38H,10-19,21H2,1-3H3. The molecular formula is C34H40F3N5O5. The van der Waals surface area contributed by atoms with Gasteiger partial charge in [-0.1, -0.05) is 44.1 Å². The van der Waals surface area contributed by atoms with Crippen LogP contribution in [-0.4, -0.2) is 70.3 Å². The molecule has 0 radical (unpaired) electrons. The number of para-hydroxylation sites is 1. The van der Waals surface area contributed by atoms with E-state index in [1.54, 1.807) is 17.0 Å². The first kappa shape index (κ1) is 33.0. The van der Waals surface area contributed by atoms with Gasteiger partial charge in [0.25, 0.3) is 5.91 Å². The number of imide groups is 1. The molecule has 1 N–H and O–H groups in total. The van der Waals surface area contributed by atoms with Crippen LogP contribution in [0.5, 0.6) is 11.5 Å². The second-order valence-corrected chi connectivity index (χ2v) is 13.5. The van der Waals surface area contributed by atoms with Gasteiger partial charge in [-0.05, 0) is 80.8 Å². The monoisotopic (exact) mass is 655 g/mol. The van der Waals surface area contributed by atoms with E-state index in [2.05, 4.69) is 15.5 Å². The first-order valence-electron chi connectivity index (χ1n) is 16.1. The van der Waals surface area contributed by atoms with Crippen molar-refractivity contribution >= 4 is 11.9 Å². The summed E-state index contributed by atoms with van der Waals surface area (Å²) in [5.74, 6) is -0.0719. The van der Waals surface area contributed by atoms with Crippen LogP contribution >= 0.6 is 0 Å². The Bertz CT molecular complexity index is 1610. The average molecular weight is 656 g/mol. The van der Waals surface area contributed by atoms with Gasteiger partial charge in [-0.15, -0.1) is 0 Å². The number of carbonyl (C=O) groups is 2. The highest BCUT2D eigenvalue weighted by molar-refractivity contribution is 6.07. The minimum Gasteiger partial charge on any atom is -0.456 e. The molecule has 0 atom stereocenters. The first-order chi connectivity index (χ1) is 22.4. The smallest absolute Gasteiger partial charge is 0.420 e. The van der Waals surface area contributed by atoms with Crippen LogP contribution in [0.1, 0.15) is 69.9 Å². The zero-order valence-electron chi connectivity index (χ0n) is 26.9. The lowest BCUT2D eigenvalue weighted by molar-refractivity contribution is -0.138. The molecule has 4 heterocycles. The van der Waals surface area contributed by atoms with Crippen molar-refractivity contribution in [1.29, 1.82) is 0 Å². The van der Waals surface area contributed by atoms with Crippen LogP contribution in [0.3, 0.4) is 0 Å². The van der Waals surface area contributed by atoms with Crippen molar-refractivity contribution < 1.29 is 36.8 Å². The van der Waals surface area contributed by atoms with Crippen molar-refractivity contribution in [2.45, 2.75) is 76.6 Å².